The van der Waals surface area contributed by atoms with Crippen LogP contribution in [0.1, 0.15) is 27.7 Å². The maximum atomic E-state index is 9.30. The normalized spacial score (nSPS) is 16.6. The summed E-state index contributed by atoms with van der Waals surface area (Å²) in [7, 11) is 0. The third-order valence-electron chi connectivity index (χ3n) is 1.26. The van der Waals surface area contributed by atoms with Crippen LogP contribution in [0.5, 0.6) is 0 Å². The van der Waals surface area contributed by atoms with Crippen LogP contribution in [0, 0.1) is 5.41 Å². The fourth-order valence-electron chi connectivity index (χ4n) is 0.471. The summed E-state index contributed by atoms with van der Waals surface area (Å²) in [4.78, 5) is 0. The minimum absolute atomic E-state index is 0.0213. The van der Waals surface area contributed by atoms with Gasteiger partial charge in [-0.1, -0.05) is 32.9 Å². The highest BCUT2D eigenvalue weighted by atomic mass is 16.3. The zero-order valence-corrected chi connectivity index (χ0v) is 6.68. The minimum atomic E-state index is -0.317. The molecule has 0 spiro atoms. The quantitative estimate of drug-likeness (QED) is 0.535. The van der Waals surface area contributed by atoms with Crippen LogP contribution in [0.25, 0.3) is 0 Å². The molecule has 0 rings (SSSR count). The maximum Gasteiger partial charge on any atom is 0.0769 e. The third-order valence-corrected chi connectivity index (χ3v) is 1.26. The number of rotatable bonds is 1. The highest BCUT2D eigenvalue weighted by Crippen LogP contribution is 2.19. The van der Waals surface area contributed by atoms with Crippen molar-refractivity contribution in [3.05, 3.63) is 12.2 Å². The average molecular weight is 128 g/mol. The molecule has 54 valence electrons. The van der Waals surface area contributed by atoms with E-state index in [-0.39, 0.29) is 11.5 Å². The lowest BCUT2D eigenvalue weighted by molar-refractivity contribution is 0.105. The van der Waals surface area contributed by atoms with Crippen molar-refractivity contribution in [2.24, 2.45) is 5.41 Å². The van der Waals surface area contributed by atoms with Gasteiger partial charge >= 0.3 is 0 Å². The van der Waals surface area contributed by atoms with Crippen molar-refractivity contribution >= 4 is 0 Å². The zero-order chi connectivity index (χ0) is 7.49. The summed E-state index contributed by atoms with van der Waals surface area (Å²) < 4.78 is 0. The molecule has 0 amide bonds. The predicted molar refractivity (Wildman–Crippen MR) is 40.3 cm³/mol. The molecule has 0 aliphatic rings. The Morgan fingerprint density at radius 2 is 1.78 bits per heavy atom. The first-order valence-corrected chi connectivity index (χ1v) is 3.29. The molecule has 0 fully saturated rings. The number of aliphatic hydroxyl groups excluding tert-OH is 1. The van der Waals surface area contributed by atoms with Gasteiger partial charge in [-0.2, -0.15) is 0 Å². The lowest BCUT2D eigenvalue weighted by Gasteiger charge is -2.22. The van der Waals surface area contributed by atoms with Crippen molar-refractivity contribution in [2.75, 3.05) is 0 Å². The first-order valence-electron chi connectivity index (χ1n) is 3.29. The van der Waals surface area contributed by atoms with Crippen LogP contribution < -0.4 is 0 Å². The summed E-state index contributed by atoms with van der Waals surface area (Å²) in [5, 5.41) is 9.30. The first kappa shape index (κ1) is 8.70. The molecule has 1 nitrogen and oxygen atoms in total. The molecule has 0 saturated carbocycles. The molecule has 1 heteroatoms. The molecular weight excluding hydrogens is 112 g/mol. The average Bonchev–Trinajstić information content (AvgIpc) is 1.64. The number of allylic oxidation sites excluding steroid dienone is 1. The standard InChI is InChI=1S/C8H16O/c1-5-6-7(9)8(2,3)4/h5-7,9H,1-4H3. The van der Waals surface area contributed by atoms with E-state index in [2.05, 4.69) is 0 Å². The lowest BCUT2D eigenvalue weighted by Crippen LogP contribution is -2.23. The molecule has 0 aromatic carbocycles. The second-order valence-corrected chi connectivity index (χ2v) is 3.34. The largest absolute Gasteiger partial charge is 0.388 e. The molecule has 1 atom stereocenters. The second kappa shape index (κ2) is 3.02. The third kappa shape index (κ3) is 3.31. The van der Waals surface area contributed by atoms with Gasteiger partial charge in [0, 0.05) is 0 Å². The smallest absolute Gasteiger partial charge is 0.0769 e. The molecule has 0 aliphatic heterocycles. The van der Waals surface area contributed by atoms with Gasteiger partial charge in [-0.05, 0) is 12.3 Å². The van der Waals surface area contributed by atoms with E-state index < -0.39 is 0 Å². The Hall–Kier alpha value is -0.300. The van der Waals surface area contributed by atoms with Gasteiger partial charge in [0.05, 0.1) is 6.10 Å². The Morgan fingerprint density at radius 3 is 1.89 bits per heavy atom. The van der Waals surface area contributed by atoms with Crippen LogP contribution in [0.2, 0.25) is 0 Å². The summed E-state index contributed by atoms with van der Waals surface area (Å²) >= 11 is 0. The maximum absolute atomic E-state index is 9.30. The molecule has 0 radical (unpaired) electrons. The Kier molecular flexibility index (Phi) is 2.92. The Balaban J connectivity index is 3.88. The van der Waals surface area contributed by atoms with Crippen molar-refractivity contribution in [2.45, 2.75) is 33.8 Å². The van der Waals surface area contributed by atoms with Gasteiger partial charge in [0.2, 0.25) is 0 Å². The molecule has 0 bridgehead atoms. The summed E-state index contributed by atoms with van der Waals surface area (Å²) in [5.41, 5.74) is -0.0213. The Bertz CT molecular complexity index is 97.6. The number of hydrogen-bond donors (Lipinski definition) is 1. The minimum Gasteiger partial charge on any atom is -0.388 e. The molecular formula is C8H16O. The van der Waals surface area contributed by atoms with Gasteiger partial charge in [-0.3, -0.25) is 0 Å². The Morgan fingerprint density at radius 1 is 1.33 bits per heavy atom. The fraction of sp³-hybridized carbons (Fsp3) is 0.750. The summed E-state index contributed by atoms with van der Waals surface area (Å²) in [6.07, 6.45) is 3.36. The molecule has 0 saturated heterocycles. The number of aliphatic hydroxyl groups is 1. The van der Waals surface area contributed by atoms with Gasteiger partial charge in [0.25, 0.3) is 0 Å². The highest BCUT2D eigenvalue weighted by molar-refractivity contribution is 4.92. The van der Waals surface area contributed by atoms with Crippen molar-refractivity contribution in [1.29, 1.82) is 0 Å². The van der Waals surface area contributed by atoms with Crippen LogP contribution in [0.4, 0.5) is 0 Å². The van der Waals surface area contributed by atoms with Crippen molar-refractivity contribution < 1.29 is 5.11 Å². The van der Waals surface area contributed by atoms with E-state index in [4.69, 9.17) is 0 Å². The molecule has 0 aliphatic carbocycles. The van der Waals surface area contributed by atoms with E-state index >= 15 is 0 Å². The second-order valence-electron chi connectivity index (χ2n) is 3.34. The molecule has 0 heterocycles. The van der Waals surface area contributed by atoms with Gasteiger partial charge < -0.3 is 5.11 Å². The van der Waals surface area contributed by atoms with Crippen LogP contribution in [0.15, 0.2) is 12.2 Å². The molecule has 9 heavy (non-hydrogen) atoms. The van der Waals surface area contributed by atoms with Crippen molar-refractivity contribution in [3.63, 3.8) is 0 Å². The predicted octanol–water partition coefficient (Wildman–Crippen LogP) is 1.97. The Labute approximate surface area is 57.4 Å². The van der Waals surface area contributed by atoms with Crippen molar-refractivity contribution in [1.82, 2.24) is 0 Å². The molecule has 1 unspecified atom stereocenters. The van der Waals surface area contributed by atoms with Crippen LogP contribution >= 0.6 is 0 Å². The summed E-state index contributed by atoms with van der Waals surface area (Å²) in [6, 6.07) is 0. The van der Waals surface area contributed by atoms with Gasteiger partial charge in [0.15, 0.2) is 0 Å². The topological polar surface area (TPSA) is 20.2 Å². The van der Waals surface area contributed by atoms with E-state index in [1.54, 1.807) is 6.08 Å². The van der Waals surface area contributed by atoms with Gasteiger partial charge in [-0.25, -0.2) is 0 Å². The van der Waals surface area contributed by atoms with Crippen molar-refractivity contribution in [3.8, 4) is 0 Å². The summed E-state index contributed by atoms with van der Waals surface area (Å²) in [5.74, 6) is 0. The van der Waals surface area contributed by atoms with Gasteiger partial charge in [-0.15, -0.1) is 0 Å². The highest BCUT2D eigenvalue weighted by Gasteiger charge is 2.18. The molecule has 1 N–H and O–H groups in total. The van der Waals surface area contributed by atoms with Crippen LogP contribution in [-0.4, -0.2) is 11.2 Å². The monoisotopic (exact) mass is 128 g/mol. The fourth-order valence-corrected chi connectivity index (χ4v) is 0.471. The van der Waals surface area contributed by atoms with E-state index in [1.807, 2.05) is 33.8 Å². The SMILES string of the molecule is CC=CC(O)C(C)(C)C. The first-order chi connectivity index (χ1) is 3.98. The van der Waals surface area contributed by atoms with E-state index in [0.717, 1.165) is 0 Å². The van der Waals surface area contributed by atoms with Crippen LogP contribution in [0.3, 0.4) is 0 Å². The van der Waals surface area contributed by atoms with Crippen LogP contribution in [-0.2, 0) is 0 Å². The number of hydrogen-bond acceptors (Lipinski definition) is 1. The molecule has 0 aromatic rings. The van der Waals surface area contributed by atoms with E-state index in [0.29, 0.717) is 0 Å². The summed E-state index contributed by atoms with van der Waals surface area (Å²) in [6.45, 7) is 7.95. The van der Waals surface area contributed by atoms with E-state index in [9.17, 15) is 5.11 Å². The lowest BCUT2D eigenvalue weighted by atomic mass is 9.89. The molecule has 0 aromatic heterocycles. The van der Waals surface area contributed by atoms with Gasteiger partial charge in [0.1, 0.15) is 0 Å². The zero-order valence-electron chi connectivity index (χ0n) is 6.68. The van der Waals surface area contributed by atoms with E-state index in [1.165, 1.54) is 0 Å².